The summed E-state index contributed by atoms with van der Waals surface area (Å²) in [5.41, 5.74) is 2.96. The van der Waals surface area contributed by atoms with Gasteiger partial charge >= 0.3 is 6.03 Å². The van der Waals surface area contributed by atoms with Gasteiger partial charge in [-0.3, -0.25) is 4.90 Å². The van der Waals surface area contributed by atoms with Gasteiger partial charge in [0.15, 0.2) is 0 Å². The normalized spacial score (nSPS) is 16.7. The molecule has 0 saturated carbocycles. The van der Waals surface area contributed by atoms with E-state index in [9.17, 15) is 4.79 Å². The number of anilines is 1. The fourth-order valence-electron chi connectivity index (χ4n) is 2.84. The second-order valence-electron chi connectivity index (χ2n) is 7.01. The number of amides is 2. The first kappa shape index (κ1) is 17.1. The van der Waals surface area contributed by atoms with Gasteiger partial charge in [-0.15, -0.1) is 0 Å². The van der Waals surface area contributed by atoms with Crippen molar-refractivity contribution in [2.75, 3.05) is 31.5 Å². The highest BCUT2D eigenvalue weighted by molar-refractivity contribution is 6.34. The zero-order chi connectivity index (χ0) is 16.5. The molecule has 0 bridgehead atoms. The van der Waals surface area contributed by atoms with Gasteiger partial charge in [0, 0.05) is 31.7 Å². The molecule has 1 fully saturated rings. The fraction of sp³-hybridized carbons (Fsp3) is 0.588. The Kier molecular flexibility index (Phi) is 5.03. The summed E-state index contributed by atoms with van der Waals surface area (Å²) in [4.78, 5) is 16.7. The highest BCUT2D eigenvalue weighted by atomic mass is 35.5. The van der Waals surface area contributed by atoms with E-state index in [1.165, 1.54) is 0 Å². The maximum absolute atomic E-state index is 12.5. The first-order valence-electron chi connectivity index (χ1n) is 7.76. The van der Waals surface area contributed by atoms with Gasteiger partial charge in [0.25, 0.3) is 0 Å². The Labute approximate surface area is 138 Å². The molecule has 0 unspecified atom stereocenters. The number of carbonyl (C=O) groups excluding carboxylic acids is 1. The third kappa shape index (κ3) is 3.93. The van der Waals surface area contributed by atoms with E-state index >= 15 is 0 Å². The van der Waals surface area contributed by atoms with Crippen LogP contribution in [0.15, 0.2) is 12.1 Å². The molecule has 2 rings (SSSR count). The second-order valence-corrected chi connectivity index (χ2v) is 7.42. The summed E-state index contributed by atoms with van der Waals surface area (Å²) >= 11 is 6.26. The Hall–Kier alpha value is -1.26. The topological polar surface area (TPSA) is 35.6 Å². The number of hydrogen-bond donors (Lipinski definition) is 1. The van der Waals surface area contributed by atoms with Gasteiger partial charge in [-0.1, -0.05) is 17.7 Å². The third-order valence-corrected chi connectivity index (χ3v) is 4.48. The Morgan fingerprint density at radius 3 is 2.23 bits per heavy atom. The van der Waals surface area contributed by atoms with Crippen LogP contribution in [0, 0.1) is 13.8 Å². The zero-order valence-electron chi connectivity index (χ0n) is 14.2. The molecule has 1 aliphatic rings. The van der Waals surface area contributed by atoms with Gasteiger partial charge in [0.1, 0.15) is 0 Å². The lowest BCUT2D eigenvalue weighted by atomic mass is 10.1. The second kappa shape index (κ2) is 6.47. The molecule has 1 aliphatic heterocycles. The molecule has 0 atom stereocenters. The molecule has 1 N–H and O–H groups in total. The van der Waals surface area contributed by atoms with Crippen LogP contribution in [0.4, 0.5) is 10.5 Å². The van der Waals surface area contributed by atoms with Gasteiger partial charge in [-0.25, -0.2) is 4.79 Å². The van der Waals surface area contributed by atoms with Gasteiger partial charge < -0.3 is 10.2 Å². The molecule has 5 heteroatoms. The maximum Gasteiger partial charge on any atom is 0.321 e. The Morgan fingerprint density at radius 2 is 1.73 bits per heavy atom. The average molecular weight is 324 g/mol. The standard InChI is InChI=1S/C17H26ClN3O/c1-12-10-13(2)15(14(18)11-12)19-16(22)20-6-8-21(9-7-20)17(3,4)5/h10-11H,6-9H2,1-5H3,(H,19,22). The lowest BCUT2D eigenvalue weighted by Crippen LogP contribution is -2.55. The van der Waals surface area contributed by atoms with Crippen LogP contribution in [0.3, 0.4) is 0 Å². The van der Waals surface area contributed by atoms with Gasteiger partial charge in [-0.05, 0) is 51.8 Å². The number of nitrogens with zero attached hydrogens (tertiary/aromatic N) is 2. The summed E-state index contributed by atoms with van der Waals surface area (Å²) in [5.74, 6) is 0. The van der Waals surface area contributed by atoms with E-state index in [1.54, 1.807) is 0 Å². The molecule has 122 valence electrons. The van der Waals surface area contributed by atoms with Gasteiger partial charge in [0.05, 0.1) is 10.7 Å². The van der Waals surface area contributed by atoms with E-state index in [0.29, 0.717) is 5.02 Å². The summed E-state index contributed by atoms with van der Waals surface area (Å²) in [6.07, 6.45) is 0. The monoisotopic (exact) mass is 323 g/mol. The van der Waals surface area contributed by atoms with Crippen molar-refractivity contribution >= 4 is 23.3 Å². The molecule has 4 nitrogen and oxygen atoms in total. The summed E-state index contributed by atoms with van der Waals surface area (Å²) in [6.45, 7) is 13.9. The van der Waals surface area contributed by atoms with Crippen LogP contribution < -0.4 is 5.32 Å². The average Bonchev–Trinajstić information content (AvgIpc) is 2.41. The molecule has 1 heterocycles. The number of nitrogens with one attached hydrogen (secondary N) is 1. The van der Waals surface area contributed by atoms with Crippen LogP contribution in [-0.2, 0) is 0 Å². The summed E-state index contributed by atoms with van der Waals surface area (Å²) in [6, 6.07) is 3.84. The molecule has 22 heavy (non-hydrogen) atoms. The van der Waals surface area contributed by atoms with Gasteiger partial charge in [0.2, 0.25) is 0 Å². The maximum atomic E-state index is 12.5. The van der Waals surface area contributed by atoms with Crippen LogP contribution in [0.25, 0.3) is 0 Å². The number of piperazine rings is 1. The zero-order valence-corrected chi connectivity index (χ0v) is 14.9. The van der Waals surface area contributed by atoms with Crippen molar-refractivity contribution in [2.24, 2.45) is 0 Å². The Morgan fingerprint density at radius 1 is 1.14 bits per heavy atom. The van der Waals surface area contributed by atoms with Crippen molar-refractivity contribution in [3.05, 3.63) is 28.3 Å². The predicted octanol–water partition coefficient (Wildman–Crippen LogP) is 3.90. The quantitative estimate of drug-likeness (QED) is 0.850. The molecule has 2 amide bonds. The van der Waals surface area contributed by atoms with E-state index < -0.39 is 0 Å². The van der Waals surface area contributed by atoms with Crippen molar-refractivity contribution in [3.63, 3.8) is 0 Å². The number of halogens is 1. The number of carbonyl (C=O) groups is 1. The first-order valence-corrected chi connectivity index (χ1v) is 8.14. The number of aryl methyl sites for hydroxylation is 2. The third-order valence-electron chi connectivity index (χ3n) is 4.18. The van der Waals surface area contributed by atoms with E-state index in [-0.39, 0.29) is 11.6 Å². The van der Waals surface area contributed by atoms with E-state index in [4.69, 9.17) is 11.6 Å². The number of urea groups is 1. The lowest BCUT2D eigenvalue weighted by Gasteiger charge is -2.42. The molecule has 0 radical (unpaired) electrons. The summed E-state index contributed by atoms with van der Waals surface area (Å²) in [7, 11) is 0. The number of benzene rings is 1. The van der Waals surface area contributed by atoms with E-state index in [2.05, 4.69) is 31.0 Å². The number of rotatable bonds is 1. The van der Waals surface area contributed by atoms with Crippen LogP contribution in [0.2, 0.25) is 5.02 Å². The highest BCUT2D eigenvalue weighted by Gasteiger charge is 2.28. The molecule has 0 aliphatic carbocycles. The van der Waals surface area contributed by atoms with Crippen LogP contribution >= 0.6 is 11.6 Å². The molecule has 0 aromatic heterocycles. The Balaban J connectivity index is 2.00. The molecule has 1 saturated heterocycles. The largest absolute Gasteiger partial charge is 0.322 e. The molecule has 1 aromatic carbocycles. The minimum atomic E-state index is -0.0672. The van der Waals surface area contributed by atoms with Crippen molar-refractivity contribution in [1.82, 2.24) is 9.80 Å². The first-order chi connectivity index (χ1) is 10.2. The highest BCUT2D eigenvalue weighted by Crippen LogP contribution is 2.27. The smallest absolute Gasteiger partial charge is 0.321 e. The molecular weight excluding hydrogens is 298 g/mol. The van der Waals surface area contributed by atoms with Crippen molar-refractivity contribution < 1.29 is 4.79 Å². The van der Waals surface area contributed by atoms with E-state index in [0.717, 1.165) is 43.0 Å². The Bertz CT molecular complexity index is 535. The van der Waals surface area contributed by atoms with Crippen LogP contribution in [0.1, 0.15) is 31.9 Å². The summed E-state index contributed by atoms with van der Waals surface area (Å²) in [5, 5.41) is 3.56. The fourth-order valence-corrected chi connectivity index (χ4v) is 3.21. The van der Waals surface area contributed by atoms with Crippen molar-refractivity contribution in [2.45, 2.75) is 40.2 Å². The van der Waals surface area contributed by atoms with Crippen molar-refractivity contribution in [1.29, 1.82) is 0 Å². The predicted molar refractivity (Wildman–Crippen MR) is 92.8 cm³/mol. The van der Waals surface area contributed by atoms with Gasteiger partial charge in [-0.2, -0.15) is 0 Å². The molecule has 1 aromatic rings. The molecule has 0 spiro atoms. The number of hydrogen-bond acceptors (Lipinski definition) is 2. The summed E-state index contributed by atoms with van der Waals surface area (Å²) < 4.78 is 0. The minimum absolute atomic E-state index is 0.0672. The molecular formula is C17H26ClN3O. The van der Waals surface area contributed by atoms with E-state index in [1.807, 2.05) is 30.9 Å². The van der Waals surface area contributed by atoms with Crippen LogP contribution in [0.5, 0.6) is 0 Å². The minimum Gasteiger partial charge on any atom is -0.322 e. The lowest BCUT2D eigenvalue weighted by molar-refractivity contribution is 0.0774. The SMILES string of the molecule is Cc1cc(C)c(NC(=O)N2CCN(C(C)(C)C)CC2)c(Cl)c1. The van der Waals surface area contributed by atoms with Crippen LogP contribution in [-0.4, -0.2) is 47.5 Å². The van der Waals surface area contributed by atoms with Crippen molar-refractivity contribution in [3.8, 4) is 0 Å².